The zero-order valence-corrected chi connectivity index (χ0v) is 23.2. The number of carbonyl (C=O) groups is 1. The summed E-state index contributed by atoms with van der Waals surface area (Å²) < 4.78 is 55.6. The van der Waals surface area contributed by atoms with E-state index in [2.05, 4.69) is 22.0 Å². The number of halogens is 3. The number of methoxy groups -OCH3 is 1. The Kier molecular flexibility index (Phi) is 8.73. The van der Waals surface area contributed by atoms with Crippen molar-refractivity contribution in [1.82, 2.24) is 9.88 Å². The van der Waals surface area contributed by atoms with E-state index in [1.807, 2.05) is 18.3 Å². The molecule has 0 spiro atoms. The second kappa shape index (κ2) is 12.2. The fourth-order valence-corrected chi connectivity index (χ4v) is 6.30. The quantitative estimate of drug-likeness (QED) is 0.385. The second-order valence-corrected chi connectivity index (χ2v) is 11.2. The molecule has 0 saturated carbocycles. The molecule has 3 aliphatic rings. The SMILES string of the molecule is COc1ccc(C2CCN(CC(F)(F)F)CC2)c(N2CCC(COc3cc4c(cn3)CCC4OC(C)=O)CC2)c1. The van der Waals surface area contributed by atoms with E-state index in [0.29, 0.717) is 44.3 Å². The Morgan fingerprint density at radius 1 is 1.02 bits per heavy atom. The van der Waals surface area contributed by atoms with Crippen molar-refractivity contribution in [3.05, 3.63) is 47.2 Å². The number of likely N-dealkylation sites (tertiary alicyclic amines) is 1. The summed E-state index contributed by atoms with van der Waals surface area (Å²) in [7, 11) is 1.65. The Hall–Kier alpha value is -3.01. The molecule has 7 nitrogen and oxygen atoms in total. The standard InChI is InChI=1S/C30H38F3N3O4/c1-20(37)40-28-6-3-23-17-34-29(16-26(23)28)39-18-21-7-13-36(14-8-21)27-15-24(38-2)4-5-25(27)22-9-11-35(12-10-22)19-30(31,32)33/h4-5,15-17,21-22,28H,3,6-14,18-19H2,1-2H3. The molecule has 40 heavy (non-hydrogen) atoms. The molecule has 1 aliphatic carbocycles. The van der Waals surface area contributed by atoms with Crippen molar-refractivity contribution in [2.45, 2.75) is 63.6 Å². The Bertz CT molecular complexity index is 1180. The summed E-state index contributed by atoms with van der Waals surface area (Å²) in [6.07, 6.45) is 2.41. The monoisotopic (exact) mass is 561 g/mol. The minimum Gasteiger partial charge on any atom is -0.497 e. The van der Waals surface area contributed by atoms with Gasteiger partial charge in [-0.1, -0.05) is 6.07 Å². The van der Waals surface area contributed by atoms with Crippen LogP contribution in [0.2, 0.25) is 0 Å². The van der Waals surface area contributed by atoms with Gasteiger partial charge in [0.05, 0.1) is 20.3 Å². The molecule has 1 unspecified atom stereocenters. The summed E-state index contributed by atoms with van der Waals surface area (Å²) in [4.78, 5) is 19.8. The van der Waals surface area contributed by atoms with Gasteiger partial charge < -0.3 is 19.1 Å². The summed E-state index contributed by atoms with van der Waals surface area (Å²) in [6, 6.07) is 8.03. The van der Waals surface area contributed by atoms with Gasteiger partial charge in [0, 0.05) is 49.6 Å². The Balaban J connectivity index is 1.17. The van der Waals surface area contributed by atoms with Crippen molar-refractivity contribution >= 4 is 11.7 Å². The van der Waals surface area contributed by atoms with Gasteiger partial charge in [-0.25, -0.2) is 4.98 Å². The van der Waals surface area contributed by atoms with E-state index in [1.165, 1.54) is 17.4 Å². The molecule has 5 rings (SSSR count). The maximum absolute atomic E-state index is 12.9. The Labute approximate surface area is 233 Å². The molecule has 1 aromatic heterocycles. The van der Waals surface area contributed by atoms with Crippen molar-refractivity contribution in [2.24, 2.45) is 5.92 Å². The van der Waals surface area contributed by atoms with E-state index in [9.17, 15) is 18.0 Å². The van der Waals surface area contributed by atoms with E-state index < -0.39 is 12.7 Å². The van der Waals surface area contributed by atoms with E-state index in [0.717, 1.165) is 61.3 Å². The van der Waals surface area contributed by atoms with Crippen molar-refractivity contribution in [3.8, 4) is 11.6 Å². The van der Waals surface area contributed by atoms with Gasteiger partial charge in [0.1, 0.15) is 11.9 Å². The van der Waals surface area contributed by atoms with Crippen molar-refractivity contribution < 1.29 is 32.2 Å². The number of alkyl halides is 3. The zero-order chi connectivity index (χ0) is 28.3. The van der Waals surface area contributed by atoms with Crippen LogP contribution in [0.4, 0.5) is 18.9 Å². The van der Waals surface area contributed by atoms with Crippen LogP contribution in [0.3, 0.4) is 0 Å². The van der Waals surface area contributed by atoms with Crippen LogP contribution < -0.4 is 14.4 Å². The van der Waals surface area contributed by atoms with Crippen LogP contribution in [0, 0.1) is 5.92 Å². The summed E-state index contributed by atoms with van der Waals surface area (Å²) >= 11 is 0. The molecular formula is C30H38F3N3O4. The molecule has 0 radical (unpaired) electrons. The lowest BCUT2D eigenvalue weighted by atomic mass is 9.87. The fraction of sp³-hybridized carbons (Fsp3) is 0.600. The molecular weight excluding hydrogens is 523 g/mol. The summed E-state index contributed by atoms with van der Waals surface area (Å²) in [6.45, 7) is 3.80. The highest BCUT2D eigenvalue weighted by atomic mass is 19.4. The van der Waals surface area contributed by atoms with Gasteiger partial charge >= 0.3 is 12.1 Å². The van der Waals surface area contributed by atoms with E-state index in [4.69, 9.17) is 14.2 Å². The molecule has 0 N–H and O–H groups in total. The van der Waals surface area contributed by atoms with Crippen LogP contribution in [0.15, 0.2) is 30.5 Å². The number of hydrogen-bond acceptors (Lipinski definition) is 7. The van der Waals surface area contributed by atoms with Gasteiger partial charge in [-0.05, 0) is 80.6 Å². The zero-order valence-electron chi connectivity index (χ0n) is 23.2. The number of esters is 1. The molecule has 0 bridgehead atoms. The molecule has 1 aromatic carbocycles. The van der Waals surface area contributed by atoms with E-state index in [1.54, 1.807) is 7.11 Å². The highest BCUT2D eigenvalue weighted by Crippen LogP contribution is 2.39. The lowest BCUT2D eigenvalue weighted by Crippen LogP contribution is -2.40. The second-order valence-electron chi connectivity index (χ2n) is 11.2. The van der Waals surface area contributed by atoms with E-state index >= 15 is 0 Å². The number of piperidine rings is 2. The molecule has 2 saturated heterocycles. The van der Waals surface area contributed by atoms with Crippen LogP contribution in [-0.2, 0) is 16.0 Å². The van der Waals surface area contributed by atoms with Gasteiger partial charge in [0.15, 0.2) is 0 Å². The van der Waals surface area contributed by atoms with Crippen LogP contribution in [-0.4, -0.2) is 68.5 Å². The van der Waals surface area contributed by atoms with Crippen molar-refractivity contribution in [2.75, 3.05) is 51.3 Å². The number of carbonyl (C=O) groups excluding carboxylic acids is 1. The molecule has 1 atom stereocenters. The molecule has 10 heteroatoms. The molecule has 2 fully saturated rings. The van der Waals surface area contributed by atoms with Crippen LogP contribution in [0.1, 0.15) is 67.7 Å². The number of pyridine rings is 1. The topological polar surface area (TPSA) is 64.1 Å². The van der Waals surface area contributed by atoms with Crippen molar-refractivity contribution in [3.63, 3.8) is 0 Å². The first-order chi connectivity index (χ1) is 19.2. The first-order valence-corrected chi connectivity index (χ1v) is 14.2. The average molecular weight is 562 g/mol. The molecule has 0 amide bonds. The fourth-order valence-electron chi connectivity index (χ4n) is 6.30. The number of fused-ring (bicyclic) bond motifs is 1. The van der Waals surface area contributed by atoms with Crippen molar-refractivity contribution in [1.29, 1.82) is 0 Å². The molecule has 2 aromatic rings. The first-order valence-electron chi connectivity index (χ1n) is 14.2. The lowest BCUT2D eigenvalue weighted by molar-refractivity contribution is -0.148. The largest absolute Gasteiger partial charge is 0.497 e. The summed E-state index contributed by atoms with van der Waals surface area (Å²) in [5.74, 6) is 1.68. The average Bonchev–Trinajstić information content (AvgIpc) is 3.32. The number of nitrogens with zero attached hydrogens (tertiary/aromatic N) is 3. The third kappa shape index (κ3) is 7.00. The number of hydrogen-bond donors (Lipinski definition) is 0. The normalized spacial score (nSPS) is 20.8. The number of ether oxygens (including phenoxy) is 3. The van der Waals surface area contributed by atoms with Gasteiger partial charge in [-0.2, -0.15) is 13.2 Å². The van der Waals surface area contributed by atoms with Crippen LogP contribution in [0.5, 0.6) is 11.6 Å². The highest BCUT2D eigenvalue weighted by molar-refractivity contribution is 5.66. The van der Waals surface area contributed by atoms with Gasteiger partial charge in [0.25, 0.3) is 0 Å². The maximum Gasteiger partial charge on any atom is 0.401 e. The lowest BCUT2D eigenvalue weighted by Gasteiger charge is -2.38. The molecule has 218 valence electrons. The predicted molar refractivity (Wildman–Crippen MR) is 145 cm³/mol. The maximum atomic E-state index is 12.9. The Morgan fingerprint density at radius 2 is 1.77 bits per heavy atom. The third-order valence-corrected chi connectivity index (χ3v) is 8.42. The highest BCUT2D eigenvalue weighted by Gasteiger charge is 2.34. The van der Waals surface area contributed by atoms with Gasteiger partial charge in [-0.3, -0.25) is 9.69 Å². The Morgan fingerprint density at radius 3 is 2.45 bits per heavy atom. The van der Waals surface area contributed by atoms with Crippen LogP contribution in [0.25, 0.3) is 0 Å². The molecule has 3 heterocycles. The number of aromatic nitrogens is 1. The number of benzene rings is 1. The van der Waals surface area contributed by atoms with Crippen LogP contribution >= 0.6 is 0 Å². The number of anilines is 1. The smallest absolute Gasteiger partial charge is 0.401 e. The third-order valence-electron chi connectivity index (χ3n) is 8.42. The first kappa shape index (κ1) is 28.5. The summed E-state index contributed by atoms with van der Waals surface area (Å²) in [5.41, 5.74) is 4.42. The summed E-state index contributed by atoms with van der Waals surface area (Å²) in [5, 5.41) is 0. The van der Waals surface area contributed by atoms with Gasteiger partial charge in [-0.15, -0.1) is 0 Å². The van der Waals surface area contributed by atoms with Gasteiger partial charge in [0.2, 0.25) is 5.88 Å². The molecule has 2 aliphatic heterocycles. The predicted octanol–water partition coefficient (Wildman–Crippen LogP) is 5.68. The minimum atomic E-state index is -4.16. The minimum absolute atomic E-state index is 0.227. The van der Waals surface area contributed by atoms with E-state index in [-0.39, 0.29) is 18.0 Å². The number of aryl methyl sites for hydroxylation is 1. The number of rotatable bonds is 8.